The summed E-state index contributed by atoms with van der Waals surface area (Å²) in [6.07, 6.45) is 5.92. The first-order chi connectivity index (χ1) is 7.27. The SMILES string of the molecule is CC(NC(=O)C1CCC1)C1CCCNC1. The third-order valence-electron chi connectivity index (χ3n) is 3.89. The Morgan fingerprint density at radius 2 is 2.13 bits per heavy atom. The first-order valence-electron chi connectivity index (χ1n) is 6.28. The van der Waals surface area contributed by atoms with Crippen molar-refractivity contribution >= 4 is 5.91 Å². The second kappa shape index (κ2) is 4.97. The molecule has 0 aromatic rings. The Balaban J connectivity index is 1.74. The molecule has 1 saturated heterocycles. The molecule has 1 saturated carbocycles. The lowest BCUT2D eigenvalue weighted by Crippen LogP contribution is -2.47. The molecule has 2 N–H and O–H groups in total. The van der Waals surface area contributed by atoms with Crippen LogP contribution in [-0.4, -0.2) is 25.0 Å². The molecule has 0 aromatic heterocycles. The zero-order valence-corrected chi connectivity index (χ0v) is 9.59. The van der Waals surface area contributed by atoms with Crippen molar-refractivity contribution in [3.63, 3.8) is 0 Å². The highest BCUT2D eigenvalue weighted by molar-refractivity contribution is 5.79. The Morgan fingerprint density at radius 1 is 1.33 bits per heavy atom. The average Bonchev–Trinajstić information content (AvgIpc) is 2.16. The van der Waals surface area contributed by atoms with Gasteiger partial charge in [0.2, 0.25) is 5.91 Å². The lowest BCUT2D eigenvalue weighted by atomic mass is 9.84. The van der Waals surface area contributed by atoms with Crippen LogP contribution in [0.4, 0.5) is 0 Å². The van der Waals surface area contributed by atoms with E-state index in [4.69, 9.17) is 0 Å². The quantitative estimate of drug-likeness (QED) is 0.737. The molecule has 15 heavy (non-hydrogen) atoms. The van der Waals surface area contributed by atoms with Crippen molar-refractivity contribution in [2.24, 2.45) is 11.8 Å². The topological polar surface area (TPSA) is 41.1 Å². The van der Waals surface area contributed by atoms with Gasteiger partial charge in [0.05, 0.1) is 0 Å². The number of rotatable bonds is 3. The summed E-state index contributed by atoms with van der Waals surface area (Å²) in [5.41, 5.74) is 0. The van der Waals surface area contributed by atoms with Gasteiger partial charge in [0.1, 0.15) is 0 Å². The molecule has 0 spiro atoms. The maximum absolute atomic E-state index is 11.7. The summed E-state index contributed by atoms with van der Waals surface area (Å²) in [5.74, 6) is 1.24. The number of nitrogens with one attached hydrogen (secondary N) is 2. The highest BCUT2D eigenvalue weighted by Gasteiger charge is 2.28. The molecule has 86 valence electrons. The average molecular weight is 210 g/mol. The van der Waals surface area contributed by atoms with Gasteiger partial charge in [-0.15, -0.1) is 0 Å². The van der Waals surface area contributed by atoms with Gasteiger partial charge in [0, 0.05) is 12.0 Å². The van der Waals surface area contributed by atoms with Crippen molar-refractivity contribution in [3.05, 3.63) is 0 Å². The van der Waals surface area contributed by atoms with E-state index in [1.165, 1.54) is 19.3 Å². The van der Waals surface area contributed by atoms with Gasteiger partial charge < -0.3 is 10.6 Å². The van der Waals surface area contributed by atoms with Crippen molar-refractivity contribution in [3.8, 4) is 0 Å². The summed E-state index contributed by atoms with van der Waals surface area (Å²) in [6, 6.07) is 0.339. The van der Waals surface area contributed by atoms with E-state index < -0.39 is 0 Å². The number of carbonyl (C=O) groups is 1. The highest BCUT2D eigenvalue weighted by atomic mass is 16.2. The zero-order chi connectivity index (χ0) is 10.7. The molecular weight excluding hydrogens is 188 g/mol. The Bertz CT molecular complexity index is 220. The standard InChI is InChI=1S/C12H22N2O/c1-9(11-6-3-7-13-8-11)14-12(15)10-4-2-5-10/h9-11,13H,2-8H2,1H3,(H,14,15). The minimum atomic E-state index is 0.291. The number of carbonyl (C=O) groups excluding carboxylic acids is 1. The van der Waals surface area contributed by atoms with Crippen LogP contribution >= 0.6 is 0 Å². The summed E-state index contributed by atoms with van der Waals surface area (Å²) >= 11 is 0. The molecule has 0 aromatic carbocycles. The van der Waals surface area contributed by atoms with Gasteiger partial charge in [-0.25, -0.2) is 0 Å². The molecule has 3 heteroatoms. The number of hydrogen-bond donors (Lipinski definition) is 2. The summed E-state index contributed by atoms with van der Waals surface area (Å²) < 4.78 is 0. The van der Waals surface area contributed by atoms with E-state index >= 15 is 0 Å². The fourth-order valence-electron chi connectivity index (χ4n) is 2.44. The molecular formula is C12H22N2O. The van der Waals surface area contributed by atoms with Crippen molar-refractivity contribution in [2.45, 2.75) is 45.1 Å². The van der Waals surface area contributed by atoms with Gasteiger partial charge in [-0.2, -0.15) is 0 Å². The number of piperidine rings is 1. The lowest BCUT2D eigenvalue weighted by molar-refractivity contribution is -0.128. The Hall–Kier alpha value is -0.570. The van der Waals surface area contributed by atoms with Crippen LogP contribution in [-0.2, 0) is 4.79 Å². The third-order valence-corrected chi connectivity index (χ3v) is 3.89. The fraction of sp³-hybridized carbons (Fsp3) is 0.917. The van der Waals surface area contributed by atoms with E-state index in [-0.39, 0.29) is 0 Å². The van der Waals surface area contributed by atoms with E-state index in [1.807, 2.05) is 0 Å². The van der Waals surface area contributed by atoms with Gasteiger partial charge in [-0.05, 0) is 51.6 Å². The maximum atomic E-state index is 11.7. The summed E-state index contributed by atoms with van der Waals surface area (Å²) in [4.78, 5) is 11.7. The van der Waals surface area contributed by atoms with Gasteiger partial charge in [0.25, 0.3) is 0 Å². The largest absolute Gasteiger partial charge is 0.353 e. The predicted octanol–water partition coefficient (Wildman–Crippen LogP) is 1.29. The molecule has 0 bridgehead atoms. The van der Waals surface area contributed by atoms with Crippen LogP contribution in [0, 0.1) is 11.8 Å². The second-order valence-electron chi connectivity index (χ2n) is 5.03. The van der Waals surface area contributed by atoms with Gasteiger partial charge in [0.15, 0.2) is 0 Å². The number of amides is 1. The van der Waals surface area contributed by atoms with Gasteiger partial charge in [-0.1, -0.05) is 6.42 Å². The fourth-order valence-corrected chi connectivity index (χ4v) is 2.44. The molecule has 1 amide bonds. The Morgan fingerprint density at radius 3 is 2.67 bits per heavy atom. The summed E-state index contributed by atoms with van der Waals surface area (Å²) in [5, 5.41) is 6.57. The molecule has 0 radical (unpaired) electrons. The Labute approximate surface area is 92.0 Å². The second-order valence-corrected chi connectivity index (χ2v) is 5.03. The summed E-state index contributed by atoms with van der Waals surface area (Å²) in [6.45, 7) is 4.35. The maximum Gasteiger partial charge on any atom is 0.223 e. The smallest absolute Gasteiger partial charge is 0.223 e. The summed E-state index contributed by atoms with van der Waals surface area (Å²) in [7, 11) is 0. The minimum Gasteiger partial charge on any atom is -0.353 e. The van der Waals surface area contributed by atoms with Crippen molar-refractivity contribution in [1.29, 1.82) is 0 Å². The van der Waals surface area contributed by atoms with E-state index in [2.05, 4.69) is 17.6 Å². The van der Waals surface area contributed by atoms with Crippen LogP contribution in [0.3, 0.4) is 0 Å². The Kier molecular flexibility index (Phi) is 3.62. The van der Waals surface area contributed by atoms with E-state index in [1.54, 1.807) is 0 Å². The van der Waals surface area contributed by atoms with E-state index in [9.17, 15) is 4.79 Å². The highest BCUT2D eigenvalue weighted by Crippen LogP contribution is 2.26. The van der Waals surface area contributed by atoms with Crippen LogP contribution in [0.2, 0.25) is 0 Å². The van der Waals surface area contributed by atoms with Gasteiger partial charge >= 0.3 is 0 Å². The van der Waals surface area contributed by atoms with Crippen molar-refractivity contribution in [1.82, 2.24) is 10.6 Å². The molecule has 2 rings (SSSR count). The molecule has 2 unspecified atom stereocenters. The number of hydrogen-bond acceptors (Lipinski definition) is 2. The normalized spacial score (nSPS) is 29.3. The van der Waals surface area contributed by atoms with E-state index in [0.29, 0.717) is 23.8 Å². The third kappa shape index (κ3) is 2.71. The molecule has 3 nitrogen and oxygen atoms in total. The molecule has 1 aliphatic heterocycles. The van der Waals surface area contributed by atoms with Gasteiger partial charge in [-0.3, -0.25) is 4.79 Å². The molecule has 1 aliphatic carbocycles. The monoisotopic (exact) mass is 210 g/mol. The van der Waals surface area contributed by atoms with Crippen molar-refractivity contribution < 1.29 is 4.79 Å². The molecule has 2 fully saturated rings. The zero-order valence-electron chi connectivity index (χ0n) is 9.59. The molecule has 2 aliphatic rings. The van der Waals surface area contributed by atoms with Crippen molar-refractivity contribution in [2.75, 3.05) is 13.1 Å². The molecule has 1 heterocycles. The first kappa shape index (κ1) is 10.9. The lowest BCUT2D eigenvalue weighted by Gasteiger charge is -2.32. The van der Waals surface area contributed by atoms with Crippen LogP contribution in [0.5, 0.6) is 0 Å². The molecule has 2 atom stereocenters. The van der Waals surface area contributed by atoms with Crippen LogP contribution in [0.25, 0.3) is 0 Å². The van der Waals surface area contributed by atoms with Crippen LogP contribution in [0.15, 0.2) is 0 Å². The van der Waals surface area contributed by atoms with E-state index in [0.717, 1.165) is 25.9 Å². The van der Waals surface area contributed by atoms with Crippen LogP contribution in [0.1, 0.15) is 39.0 Å². The predicted molar refractivity (Wildman–Crippen MR) is 60.5 cm³/mol. The van der Waals surface area contributed by atoms with Crippen LogP contribution < -0.4 is 10.6 Å². The first-order valence-corrected chi connectivity index (χ1v) is 6.28. The minimum absolute atomic E-state index is 0.291.